The van der Waals surface area contributed by atoms with Crippen LogP contribution in [-0.2, 0) is 6.61 Å². The van der Waals surface area contributed by atoms with E-state index in [0.717, 1.165) is 71.9 Å². The molecule has 0 bridgehead atoms. The number of aromatic nitrogens is 3. The zero-order chi connectivity index (χ0) is 26.3. The van der Waals surface area contributed by atoms with Gasteiger partial charge in [-0.05, 0) is 106 Å². The summed E-state index contributed by atoms with van der Waals surface area (Å²) in [4.78, 5) is 18.7. The van der Waals surface area contributed by atoms with Crippen LogP contribution in [-0.4, -0.2) is 47.3 Å². The molecule has 1 aromatic heterocycles. The van der Waals surface area contributed by atoms with E-state index >= 15 is 0 Å². The molecule has 1 N–H and O–H groups in total. The zero-order valence-electron chi connectivity index (χ0n) is 21.0. The molecule has 0 radical (unpaired) electrons. The maximum atomic E-state index is 13.2. The number of anilines is 3. The number of halogens is 3. The van der Waals surface area contributed by atoms with Gasteiger partial charge in [-0.2, -0.15) is 20.1 Å². The van der Waals surface area contributed by atoms with Crippen LogP contribution < -0.4 is 20.0 Å². The van der Waals surface area contributed by atoms with Crippen molar-refractivity contribution in [3.63, 3.8) is 0 Å². The molecule has 11 heteroatoms. The Hall–Kier alpha value is -2.79. The Bertz CT molecular complexity index is 1200. The van der Waals surface area contributed by atoms with Gasteiger partial charge in [-0.3, -0.25) is 0 Å². The standard InChI is InChI=1S/C27H30Br2FN7O/c28-22-15-20(16-23(29)24(22)38-18-19-7-9-21(30)10-8-19)17-31-35-25-32-26(36-11-3-1-4-12-36)34-27(33-25)37-13-5-2-6-14-37/h7-10,15-17H,1-6,11-14,18H2,(H,32,33,34,35)/b31-17-. The lowest BCUT2D eigenvalue weighted by atomic mass is 10.1. The van der Waals surface area contributed by atoms with E-state index in [9.17, 15) is 4.39 Å². The van der Waals surface area contributed by atoms with Crippen molar-refractivity contribution in [1.82, 2.24) is 15.0 Å². The molecule has 38 heavy (non-hydrogen) atoms. The van der Waals surface area contributed by atoms with Gasteiger partial charge in [-0.15, -0.1) is 0 Å². The largest absolute Gasteiger partial charge is 0.487 e. The molecule has 8 nitrogen and oxygen atoms in total. The minimum Gasteiger partial charge on any atom is -0.487 e. The van der Waals surface area contributed by atoms with Gasteiger partial charge in [0.15, 0.2) is 0 Å². The number of hydrazone groups is 1. The van der Waals surface area contributed by atoms with E-state index in [2.05, 4.69) is 62.2 Å². The number of piperidine rings is 2. The van der Waals surface area contributed by atoms with Gasteiger partial charge in [0.25, 0.3) is 0 Å². The van der Waals surface area contributed by atoms with Crippen LogP contribution in [0.1, 0.15) is 49.7 Å². The van der Waals surface area contributed by atoms with Crippen LogP contribution in [0.15, 0.2) is 50.4 Å². The molecule has 2 aromatic carbocycles. The highest BCUT2D eigenvalue weighted by atomic mass is 79.9. The monoisotopic (exact) mass is 645 g/mol. The van der Waals surface area contributed by atoms with Gasteiger partial charge in [0, 0.05) is 26.2 Å². The van der Waals surface area contributed by atoms with Crippen molar-refractivity contribution >= 4 is 55.9 Å². The van der Waals surface area contributed by atoms with Crippen molar-refractivity contribution in [2.24, 2.45) is 5.10 Å². The van der Waals surface area contributed by atoms with Crippen molar-refractivity contribution in [3.8, 4) is 5.75 Å². The molecule has 0 amide bonds. The minimum atomic E-state index is -0.268. The molecule has 0 atom stereocenters. The lowest BCUT2D eigenvalue weighted by molar-refractivity contribution is 0.302. The number of hydrogen-bond acceptors (Lipinski definition) is 8. The number of nitrogens with one attached hydrogen (secondary N) is 1. The number of nitrogens with zero attached hydrogens (tertiary/aromatic N) is 6. The fraction of sp³-hybridized carbons (Fsp3) is 0.407. The SMILES string of the molecule is Fc1ccc(COc2c(Br)cc(/C=N\Nc3nc(N4CCCCC4)nc(N4CCCCC4)n3)cc2Br)cc1. The first-order chi connectivity index (χ1) is 18.5. The highest BCUT2D eigenvalue weighted by molar-refractivity contribution is 9.11. The van der Waals surface area contributed by atoms with E-state index in [-0.39, 0.29) is 5.82 Å². The number of ether oxygens (including phenoxy) is 1. The van der Waals surface area contributed by atoms with Crippen LogP contribution in [0.25, 0.3) is 0 Å². The number of hydrogen-bond donors (Lipinski definition) is 1. The lowest BCUT2D eigenvalue weighted by Gasteiger charge is -2.30. The molecule has 0 spiro atoms. The summed E-state index contributed by atoms with van der Waals surface area (Å²) in [6.07, 6.45) is 8.81. The third-order valence-corrected chi connectivity index (χ3v) is 7.76. The van der Waals surface area contributed by atoms with E-state index in [4.69, 9.17) is 9.72 Å². The van der Waals surface area contributed by atoms with Crippen molar-refractivity contribution in [1.29, 1.82) is 0 Å². The molecule has 3 heterocycles. The summed E-state index contributed by atoms with van der Waals surface area (Å²) in [5.74, 6) is 2.26. The van der Waals surface area contributed by atoms with E-state index < -0.39 is 0 Å². The maximum Gasteiger partial charge on any atom is 0.250 e. The van der Waals surface area contributed by atoms with Crippen LogP contribution in [0.2, 0.25) is 0 Å². The molecule has 0 saturated carbocycles. The normalized spacial score (nSPS) is 16.2. The second kappa shape index (κ2) is 12.8. The Kier molecular flexibility index (Phi) is 9.06. The Labute approximate surface area is 239 Å². The quantitative estimate of drug-likeness (QED) is 0.220. The summed E-state index contributed by atoms with van der Waals surface area (Å²) in [7, 11) is 0. The van der Waals surface area contributed by atoms with Gasteiger partial charge in [-0.1, -0.05) is 12.1 Å². The molecular weight excluding hydrogens is 617 g/mol. The average Bonchev–Trinajstić information content (AvgIpc) is 2.94. The molecule has 5 rings (SSSR count). The van der Waals surface area contributed by atoms with Gasteiger partial charge in [-0.25, -0.2) is 9.82 Å². The summed E-state index contributed by atoms with van der Waals surface area (Å²) >= 11 is 7.17. The molecule has 200 valence electrons. The smallest absolute Gasteiger partial charge is 0.250 e. The highest BCUT2D eigenvalue weighted by Gasteiger charge is 2.20. The first-order valence-corrected chi connectivity index (χ1v) is 14.5. The van der Waals surface area contributed by atoms with E-state index in [1.54, 1.807) is 18.3 Å². The van der Waals surface area contributed by atoms with Gasteiger partial charge >= 0.3 is 0 Å². The van der Waals surface area contributed by atoms with Crippen LogP contribution >= 0.6 is 31.9 Å². The molecule has 2 fully saturated rings. The maximum absolute atomic E-state index is 13.2. The van der Waals surface area contributed by atoms with Gasteiger partial charge in [0.1, 0.15) is 18.2 Å². The Balaban J connectivity index is 1.29. The number of benzene rings is 2. The fourth-order valence-electron chi connectivity index (χ4n) is 4.57. The van der Waals surface area contributed by atoms with Crippen LogP contribution in [0.4, 0.5) is 22.2 Å². The van der Waals surface area contributed by atoms with E-state index in [1.807, 2.05) is 12.1 Å². The van der Waals surface area contributed by atoms with E-state index in [1.165, 1.54) is 25.0 Å². The highest BCUT2D eigenvalue weighted by Crippen LogP contribution is 2.35. The number of rotatable bonds is 8. The van der Waals surface area contributed by atoms with Crippen LogP contribution in [0.3, 0.4) is 0 Å². The Morgan fingerprint density at radius 1 is 0.842 bits per heavy atom. The first-order valence-electron chi connectivity index (χ1n) is 13.0. The Morgan fingerprint density at radius 2 is 1.39 bits per heavy atom. The third-order valence-electron chi connectivity index (χ3n) is 6.58. The summed E-state index contributed by atoms with van der Waals surface area (Å²) in [6.45, 7) is 4.17. The molecule has 3 aromatic rings. The van der Waals surface area contributed by atoms with Crippen molar-refractivity contribution in [2.45, 2.75) is 45.1 Å². The minimum absolute atomic E-state index is 0.268. The summed E-state index contributed by atoms with van der Waals surface area (Å²) < 4.78 is 20.7. The van der Waals surface area contributed by atoms with Crippen molar-refractivity contribution in [2.75, 3.05) is 41.4 Å². The van der Waals surface area contributed by atoms with E-state index in [0.29, 0.717) is 30.2 Å². The summed E-state index contributed by atoms with van der Waals surface area (Å²) in [6, 6.07) is 10.1. The summed E-state index contributed by atoms with van der Waals surface area (Å²) in [5.41, 5.74) is 4.75. The molecule has 2 aliphatic rings. The van der Waals surface area contributed by atoms with Gasteiger partial charge in [0.05, 0.1) is 15.2 Å². The predicted octanol–water partition coefficient (Wildman–Crippen LogP) is 6.54. The topological polar surface area (TPSA) is 78.8 Å². The van der Waals surface area contributed by atoms with Gasteiger partial charge in [0.2, 0.25) is 17.8 Å². The van der Waals surface area contributed by atoms with Crippen molar-refractivity contribution in [3.05, 3.63) is 62.3 Å². The molecule has 2 saturated heterocycles. The Morgan fingerprint density at radius 3 is 1.95 bits per heavy atom. The van der Waals surface area contributed by atoms with Crippen LogP contribution in [0.5, 0.6) is 5.75 Å². The summed E-state index contributed by atoms with van der Waals surface area (Å²) in [5, 5.41) is 4.42. The molecule has 0 aliphatic carbocycles. The predicted molar refractivity (Wildman–Crippen MR) is 156 cm³/mol. The second-order valence-electron chi connectivity index (χ2n) is 9.45. The second-order valence-corrected chi connectivity index (χ2v) is 11.2. The fourth-order valence-corrected chi connectivity index (χ4v) is 6.02. The average molecular weight is 647 g/mol. The lowest BCUT2D eigenvalue weighted by Crippen LogP contribution is -2.34. The molecule has 2 aliphatic heterocycles. The van der Waals surface area contributed by atoms with Gasteiger partial charge < -0.3 is 14.5 Å². The molecule has 0 unspecified atom stereocenters. The third kappa shape index (κ3) is 6.99. The first kappa shape index (κ1) is 26.8. The molecular formula is C27H30Br2FN7O. The van der Waals surface area contributed by atoms with Crippen molar-refractivity contribution < 1.29 is 9.13 Å². The zero-order valence-corrected chi connectivity index (χ0v) is 24.2. The van der Waals surface area contributed by atoms with Crippen LogP contribution in [0, 0.1) is 5.82 Å².